The highest BCUT2D eigenvalue weighted by Crippen LogP contribution is 2.25. The number of carbonyl (C=O) groups excluding carboxylic acids is 1. The van der Waals surface area contributed by atoms with E-state index in [-0.39, 0.29) is 17.2 Å². The zero-order valence-corrected chi connectivity index (χ0v) is 19.8. The molecule has 2 aromatic carbocycles. The van der Waals surface area contributed by atoms with Crippen LogP contribution in [0.1, 0.15) is 11.1 Å². The third-order valence-corrected chi connectivity index (χ3v) is 6.99. The minimum Gasteiger partial charge on any atom is -0.325 e. The maximum atomic E-state index is 12.6. The van der Waals surface area contributed by atoms with Crippen molar-refractivity contribution in [3.05, 3.63) is 72.9 Å². The van der Waals surface area contributed by atoms with Gasteiger partial charge in [0.2, 0.25) is 5.91 Å². The summed E-state index contributed by atoms with van der Waals surface area (Å²) in [6.07, 6.45) is 0. The van der Waals surface area contributed by atoms with Gasteiger partial charge in [0.15, 0.2) is 14.8 Å². The predicted molar refractivity (Wildman–Crippen MR) is 131 cm³/mol. The van der Waals surface area contributed by atoms with Crippen LogP contribution in [0.4, 0.5) is 5.69 Å². The van der Waals surface area contributed by atoms with Crippen LogP contribution in [0.15, 0.2) is 52.4 Å². The molecule has 6 nitrogen and oxygen atoms in total. The molecule has 0 fully saturated rings. The van der Waals surface area contributed by atoms with Crippen molar-refractivity contribution in [1.82, 2.24) is 14.5 Å². The number of carbonyl (C=O) groups is 1. The molecule has 0 radical (unpaired) electrons. The Labute approximate surface area is 196 Å². The largest absolute Gasteiger partial charge is 0.325 e. The first-order chi connectivity index (χ1) is 14.8. The number of anilines is 1. The number of H-pyrrole nitrogens is 1. The molecule has 158 valence electrons. The minimum absolute atomic E-state index is 0.105. The lowest BCUT2D eigenvalue weighted by molar-refractivity contribution is -0.113. The molecular formula is C21H17ClN4O2S3. The summed E-state index contributed by atoms with van der Waals surface area (Å²) in [6, 6.07) is 13.0. The Morgan fingerprint density at radius 2 is 2.00 bits per heavy atom. The van der Waals surface area contributed by atoms with E-state index in [9.17, 15) is 9.59 Å². The number of aryl methyl sites for hydroxylation is 2. The molecular weight excluding hydrogens is 472 g/mol. The number of amides is 1. The molecule has 4 rings (SSSR count). The van der Waals surface area contributed by atoms with Gasteiger partial charge in [0.25, 0.3) is 5.56 Å². The number of halogens is 1. The summed E-state index contributed by atoms with van der Waals surface area (Å²) in [5.74, 6) is -0.0762. The number of hydrogen-bond acceptors (Lipinski definition) is 6. The van der Waals surface area contributed by atoms with E-state index < -0.39 is 0 Å². The van der Waals surface area contributed by atoms with Gasteiger partial charge in [-0.2, -0.15) is 0 Å². The number of hydrogen-bond donors (Lipinski definition) is 2. The lowest BCUT2D eigenvalue weighted by Gasteiger charge is -2.09. The van der Waals surface area contributed by atoms with E-state index in [2.05, 4.69) is 15.3 Å². The van der Waals surface area contributed by atoms with Gasteiger partial charge in [-0.3, -0.25) is 14.2 Å². The second kappa shape index (κ2) is 8.96. The smallest absolute Gasteiger partial charge is 0.271 e. The molecule has 2 aromatic heterocycles. The van der Waals surface area contributed by atoms with Crippen molar-refractivity contribution in [3.63, 3.8) is 0 Å². The van der Waals surface area contributed by atoms with Crippen molar-refractivity contribution in [2.24, 2.45) is 0 Å². The predicted octanol–water partition coefficient (Wildman–Crippen LogP) is 5.51. The van der Waals surface area contributed by atoms with Gasteiger partial charge in [-0.15, -0.1) is 0 Å². The molecule has 0 spiro atoms. The molecule has 0 aliphatic rings. The van der Waals surface area contributed by atoms with Crippen LogP contribution >= 0.6 is 46.9 Å². The molecule has 2 heterocycles. The summed E-state index contributed by atoms with van der Waals surface area (Å²) in [7, 11) is 0. The quantitative estimate of drug-likeness (QED) is 0.220. The fraction of sp³-hybridized carbons (Fsp3) is 0.143. The van der Waals surface area contributed by atoms with Crippen LogP contribution in [0.5, 0.6) is 0 Å². The summed E-state index contributed by atoms with van der Waals surface area (Å²) in [6.45, 7) is 3.95. The van der Waals surface area contributed by atoms with Crippen molar-refractivity contribution in [3.8, 4) is 5.69 Å². The molecule has 1 amide bonds. The Balaban J connectivity index is 1.59. The number of aromatic nitrogens is 3. The van der Waals surface area contributed by atoms with Crippen LogP contribution in [0.25, 0.3) is 16.0 Å². The Morgan fingerprint density at radius 1 is 1.26 bits per heavy atom. The maximum absolute atomic E-state index is 12.6. The van der Waals surface area contributed by atoms with Crippen molar-refractivity contribution in [2.75, 3.05) is 11.1 Å². The van der Waals surface area contributed by atoms with Crippen LogP contribution in [0, 0.1) is 17.8 Å². The first-order valence-electron chi connectivity index (χ1n) is 9.23. The molecule has 31 heavy (non-hydrogen) atoms. The van der Waals surface area contributed by atoms with Gasteiger partial charge in [0, 0.05) is 16.4 Å². The van der Waals surface area contributed by atoms with Crippen molar-refractivity contribution >= 4 is 68.9 Å². The van der Waals surface area contributed by atoms with Gasteiger partial charge in [-0.05, 0) is 62.0 Å². The van der Waals surface area contributed by atoms with Crippen molar-refractivity contribution in [1.29, 1.82) is 0 Å². The van der Waals surface area contributed by atoms with Gasteiger partial charge >= 0.3 is 0 Å². The van der Waals surface area contributed by atoms with E-state index in [1.165, 1.54) is 11.3 Å². The summed E-state index contributed by atoms with van der Waals surface area (Å²) in [5, 5.41) is 3.85. The van der Waals surface area contributed by atoms with Crippen LogP contribution < -0.4 is 10.9 Å². The molecule has 4 aromatic rings. The number of rotatable bonds is 5. The maximum Gasteiger partial charge on any atom is 0.271 e. The monoisotopic (exact) mass is 488 g/mol. The van der Waals surface area contributed by atoms with E-state index in [1.807, 2.05) is 44.2 Å². The minimum atomic E-state index is -0.286. The molecule has 0 aliphatic heterocycles. The highest BCUT2D eigenvalue weighted by molar-refractivity contribution is 7.99. The third-order valence-electron chi connectivity index (χ3n) is 4.50. The lowest BCUT2D eigenvalue weighted by atomic mass is 10.1. The molecule has 0 saturated carbocycles. The Hall–Kier alpha value is -2.46. The molecule has 0 aliphatic carbocycles. The highest BCUT2D eigenvalue weighted by Gasteiger charge is 2.15. The van der Waals surface area contributed by atoms with Crippen LogP contribution in [0.2, 0.25) is 5.02 Å². The van der Waals surface area contributed by atoms with Crippen molar-refractivity contribution < 1.29 is 4.79 Å². The van der Waals surface area contributed by atoms with E-state index in [1.54, 1.807) is 16.7 Å². The van der Waals surface area contributed by atoms with E-state index in [4.69, 9.17) is 23.8 Å². The van der Waals surface area contributed by atoms with Gasteiger partial charge in [-0.1, -0.05) is 52.4 Å². The average molecular weight is 489 g/mol. The Bertz CT molecular complexity index is 1410. The average Bonchev–Trinajstić information content (AvgIpc) is 3.06. The Kier molecular flexibility index (Phi) is 6.29. The van der Waals surface area contributed by atoms with Gasteiger partial charge in [0.05, 0.1) is 5.75 Å². The number of thioether (sulfide) groups is 1. The van der Waals surface area contributed by atoms with Crippen LogP contribution in [-0.2, 0) is 4.79 Å². The van der Waals surface area contributed by atoms with Crippen molar-refractivity contribution in [2.45, 2.75) is 19.0 Å². The molecule has 0 unspecified atom stereocenters. The van der Waals surface area contributed by atoms with Crippen LogP contribution in [0.3, 0.4) is 0 Å². The summed E-state index contributed by atoms with van der Waals surface area (Å²) in [5.41, 5.74) is 3.83. The van der Waals surface area contributed by atoms with Gasteiger partial charge in [0.1, 0.15) is 4.70 Å². The van der Waals surface area contributed by atoms with E-state index >= 15 is 0 Å². The normalized spacial score (nSPS) is 11.1. The molecule has 2 N–H and O–H groups in total. The zero-order valence-electron chi connectivity index (χ0n) is 16.6. The molecule has 0 atom stereocenters. The number of nitrogens with zero attached hydrogens (tertiary/aromatic N) is 2. The summed E-state index contributed by atoms with van der Waals surface area (Å²) < 4.78 is 2.68. The number of aromatic amines is 1. The highest BCUT2D eigenvalue weighted by atomic mass is 35.5. The summed E-state index contributed by atoms with van der Waals surface area (Å²) >= 11 is 13.8. The second-order valence-corrected chi connectivity index (χ2v) is 9.90. The lowest BCUT2D eigenvalue weighted by Crippen LogP contribution is -2.16. The first-order valence-corrected chi connectivity index (χ1v) is 11.8. The standard InChI is InChI=1S/C21H17ClN4O2S3/c1-11-3-8-15(12(2)9-11)23-16(27)10-30-20-24-18-17(19(28)25-20)31-21(29)26(18)14-6-4-13(22)5-7-14/h3-9H,10H2,1-2H3,(H,23,27)(H,24,25,28). The number of fused-ring (bicyclic) bond motifs is 1. The second-order valence-electron chi connectivity index (χ2n) is 6.86. The third kappa shape index (κ3) is 4.74. The topological polar surface area (TPSA) is 79.8 Å². The number of nitrogens with one attached hydrogen (secondary N) is 2. The number of benzene rings is 2. The fourth-order valence-corrected chi connectivity index (χ4v) is 5.11. The summed E-state index contributed by atoms with van der Waals surface area (Å²) in [4.78, 5) is 32.3. The molecule has 0 saturated heterocycles. The van der Waals surface area contributed by atoms with Gasteiger partial charge in [-0.25, -0.2) is 4.98 Å². The first kappa shape index (κ1) is 21.8. The van der Waals surface area contributed by atoms with Gasteiger partial charge < -0.3 is 10.3 Å². The zero-order chi connectivity index (χ0) is 22.1. The molecule has 10 heteroatoms. The number of thiazole rings is 1. The van der Waals surface area contributed by atoms with E-state index in [0.717, 1.165) is 34.3 Å². The van der Waals surface area contributed by atoms with Crippen LogP contribution in [-0.4, -0.2) is 26.2 Å². The fourth-order valence-electron chi connectivity index (χ4n) is 3.05. The SMILES string of the molecule is Cc1ccc(NC(=O)CSc2nc3c(sc(=S)n3-c3ccc(Cl)cc3)c(=O)[nH]2)c(C)c1. The van der Waals surface area contributed by atoms with E-state index in [0.29, 0.717) is 24.5 Å². The molecule has 0 bridgehead atoms. The Morgan fingerprint density at radius 3 is 2.71 bits per heavy atom.